The van der Waals surface area contributed by atoms with E-state index in [9.17, 15) is 9.90 Å². The smallest absolute Gasteiger partial charge is 0.253 e. The Kier molecular flexibility index (Phi) is 4.58. The van der Waals surface area contributed by atoms with E-state index in [1.165, 1.54) is 4.88 Å². The number of rotatable bonds is 3. The Morgan fingerprint density at radius 3 is 2.63 bits per heavy atom. The lowest BCUT2D eigenvalue weighted by molar-refractivity contribution is 0.0417. The normalized spacial score (nSPS) is 19.4. The summed E-state index contributed by atoms with van der Waals surface area (Å²) in [6.45, 7) is 4.92. The Hall–Kier alpha value is -2.50. The number of hydrogen-bond acceptors (Lipinski definition) is 4. The molecule has 0 radical (unpaired) electrons. The number of aromatic nitrogens is 1. The molecule has 2 aromatic carbocycles. The second kappa shape index (κ2) is 6.91. The highest BCUT2D eigenvalue weighted by Gasteiger charge is 2.39. The fourth-order valence-electron chi connectivity index (χ4n) is 3.52. The molecule has 138 valence electrons. The van der Waals surface area contributed by atoms with Crippen LogP contribution in [-0.2, 0) is 5.60 Å². The first-order chi connectivity index (χ1) is 13.0. The van der Waals surface area contributed by atoms with Gasteiger partial charge in [-0.15, -0.1) is 11.3 Å². The molecule has 1 aliphatic heterocycles. The number of amides is 1. The van der Waals surface area contributed by atoms with E-state index >= 15 is 0 Å². The van der Waals surface area contributed by atoms with Crippen molar-refractivity contribution in [3.63, 3.8) is 0 Å². The minimum Gasteiger partial charge on any atom is -0.383 e. The number of aryl methyl sites for hydroxylation is 2. The maximum atomic E-state index is 13.0. The van der Waals surface area contributed by atoms with Crippen LogP contribution in [0.25, 0.3) is 10.6 Å². The molecular formula is C22H22N2O2S. The van der Waals surface area contributed by atoms with E-state index in [1.807, 2.05) is 61.5 Å². The van der Waals surface area contributed by atoms with E-state index in [4.69, 9.17) is 0 Å². The van der Waals surface area contributed by atoms with Crippen LogP contribution in [0.3, 0.4) is 0 Å². The minimum absolute atomic E-state index is 0.0475. The molecule has 4 nitrogen and oxygen atoms in total. The number of thiazole rings is 1. The van der Waals surface area contributed by atoms with Crippen molar-refractivity contribution in [3.8, 4) is 10.6 Å². The number of likely N-dealkylation sites (tertiary alicyclic amines) is 1. The molecule has 2 heterocycles. The van der Waals surface area contributed by atoms with E-state index in [2.05, 4.69) is 11.9 Å². The molecule has 1 aromatic heterocycles. The van der Waals surface area contributed by atoms with Crippen LogP contribution in [0.5, 0.6) is 0 Å². The van der Waals surface area contributed by atoms with Crippen LogP contribution in [0.4, 0.5) is 0 Å². The summed E-state index contributed by atoms with van der Waals surface area (Å²) in [6.07, 6.45) is 0.549. The van der Waals surface area contributed by atoms with Crippen molar-refractivity contribution in [1.82, 2.24) is 9.88 Å². The predicted octanol–water partition coefficient (Wildman–Crippen LogP) is 4.16. The third kappa shape index (κ3) is 3.40. The highest BCUT2D eigenvalue weighted by atomic mass is 32.1. The first-order valence-corrected chi connectivity index (χ1v) is 9.89. The summed E-state index contributed by atoms with van der Waals surface area (Å²) in [6, 6.07) is 17.2. The van der Waals surface area contributed by atoms with Crippen LogP contribution in [0, 0.1) is 13.8 Å². The third-order valence-electron chi connectivity index (χ3n) is 5.23. The van der Waals surface area contributed by atoms with E-state index < -0.39 is 5.60 Å². The maximum absolute atomic E-state index is 13.0. The molecular weight excluding hydrogens is 356 g/mol. The van der Waals surface area contributed by atoms with E-state index in [0.717, 1.165) is 21.8 Å². The van der Waals surface area contributed by atoms with Crippen LogP contribution in [-0.4, -0.2) is 34.0 Å². The van der Waals surface area contributed by atoms with Crippen LogP contribution in [0.1, 0.15) is 32.9 Å². The van der Waals surface area contributed by atoms with Gasteiger partial charge < -0.3 is 10.0 Å². The number of hydrogen-bond donors (Lipinski definition) is 1. The minimum atomic E-state index is -0.974. The summed E-state index contributed by atoms with van der Waals surface area (Å²) < 4.78 is 0. The van der Waals surface area contributed by atoms with Gasteiger partial charge in [0.25, 0.3) is 5.91 Å². The van der Waals surface area contributed by atoms with Gasteiger partial charge in [0.1, 0.15) is 10.6 Å². The van der Waals surface area contributed by atoms with E-state index in [0.29, 0.717) is 25.1 Å². The number of aliphatic hydroxyl groups is 1. The largest absolute Gasteiger partial charge is 0.383 e. The molecule has 1 saturated heterocycles. The molecule has 0 bridgehead atoms. The standard InChI is InChI=1S/C22H22N2O2S/c1-15-16(2)27-20(23-15)17-7-6-8-18(13-17)21(25)24-12-11-22(26,14-24)19-9-4-3-5-10-19/h3-10,13,26H,11-12,14H2,1-2H3. The fourth-order valence-corrected chi connectivity index (χ4v) is 4.43. The zero-order chi connectivity index (χ0) is 19.0. The zero-order valence-electron chi connectivity index (χ0n) is 15.5. The first kappa shape index (κ1) is 17.9. The van der Waals surface area contributed by atoms with E-state index in [1.54, 1.807) is 16.2 Å². The highest BCUT2D eigenvalue weighted by Crippen LogP contribution is 2.33. The van der Waals surface area contributed by atoms with Gasteiger partial charge in [0, 0.05) is 22.5 Å². The summed E-state index contributed by atoms with van der Waals surface area (Å²) in [5.74, 6) is -0.0475. The van der Waals surface area contributed by atoms with E-state index in [-0.39, 0.29) is 5.91 Å². The number of benzene rings is 2. The molecule has 0 saturated carbocycles. The summed E-state index contributed by atoms with van der Waals surface area (Å²) in [5, 5.41) is 11.9. The third-order valence-corrected chi connectivity index (χ3v) is 6.35. The van der Waals surface area contributed by atoms with Gasteiger partial charge in [-0.2, -0.15) is 0 Å². The lowest BCUT2D eigenvalue weighted by atomic mass is 9.93. The van der Waals surface area contributed by atoms with Crippen molar-refractivity contribution in [2.75, 3.05) is 13.1 Å². The van der Waals surface area contributed by atoms with Crippen molar-refractivity contribution in [1.29, 1.82) is 0 Å². The lowest BCUT2D eigenvalue weighted by Crippen LogP contribution is -2.34. The molecule has 0 aliphatic carbocycles. The Bertz CT molecular complexity index is 963. The van der Waals surface area contributed by atoms with Gasteiger partial charge in [-0.1, -0.05) is 42.5 Å². The van der Waals surface area contributed by atoms with Crippen molar-refractivity contribution in [2.24, 2.45) is 0 Å². The lowest BCUT2D eigenvalue weighted by Gasteiger charge is -2.24. The molecule has 5 heteroatoms. The number of carbonyl (C=O) groups excluding carboxylic acids is 1. The number of nitrogens with zero attached hydrogens (tertiary/aromatic N) is 2. The molecule has 1 atom stereocenters. The van der Waals surface area contributed by atoms with Crippen molar-refractivity contribution in [2.45, 2.75) is 25.9 Å². The first-order valence-electron chi connectivity index (χ1n) is 9.08. The second-order valence-electron chi connectivity index (χ2n) is 7.12. The van der Waals surface area contributed by atoms with Gasteiger partial charge in [0.15, 0.2) is 0 Å². The maximum Gasteiger partial charge on any atom is 0.253 e. The summed E-state index contributed by atoms with van der Waals surface area (Å²) in [5.41, 5.74) is 2.51. The van der Waals surface area contributed by atoms with Gasteiger partial charge >= 0.3 is 0 Å². The van der Waals surface area contributed by atoms with Crippen molar-refractivity contribution in [3.05, 3.63) is 76.3 Å². The highest BCUT2D eigenvalue weighted by molar-refractivity contribution is 7.15. The molecule has 27 heavy (non-hydrogen) atoms. The molecule has 1 unspecified atom stereocenters. The average Bonchev–Trinajstić information content (AvgIpc) is 3.26. The monoisotopic (exact) mass is 378 g/mol. The summed E-state index contributed by atoms with van der Waals surface area (Å²) in [4.78, 5) is 20.5. The Balaban J connectivity index is 1.56. The predicted molar refractivity (Wildman–Crippen MR) is 108 cm³/mol. The number of carbonyl (C=O) groups is 1. The molecule has 1 amide bonds. The van der Waals surface area contributed by atoms with Crippen LogP contribution < -0.4 is 0 Å². The Labute approximate surface area is 163 Å². The molecule has 1 fully saturated rings. The van der Waals surface area contributed by atoms with Gasteiger partial charge in [-0.05, 0) is 38.0 Å². The molecule has 1 N–H and O–H groups in total. The van der Waals surface area contributed by atoms with Crippen LogP contribution in [0.15, 0.2) is 54.6 Å². The summed E-state index contributed by atoms with van der Waals surface area (Å²) >= 11 is 1.64. The fraction of sp³-hybridized carbons (Fsp3) is 0.273. The molecule has 3 aromatic rings. The van der Waals surface area contributed by atoms with Gasteiger partial charge in [-0.3, -0.25) is 4.79 Å². The van der Waals surface area contributed by atoms with Crippen molar-refractivity contribution < 1.29 is 9.90 Å². The quantitative estimate of drug-likeness (QED) is 0.744. The van der Waals surface area contributed by atoms with Gasteiger partial charge in [0.05, 0.1) is 12.2 Å². The Morgan fingerprint density at radius 2 is 1.93 bits per heavy atom. The summed E-state index contributed by atoms with van der Waals surface area (Å²) in [7, 11) is 0. The molecule has 0 spiro atoms. The number of β-amino-alcohol motifs (C(OH)–C–C–N with tert-alkyl or cyclic N) is 1. The molecule has 1 aliphatic rings. The second-order valence-corrected chi connectivity index (χ2v) is 8.32. The molecule has 4 rings (SSSR count). The average molecular weight is 378 g/mol. The van der Waals surface area contributed by atoms with Crippen LogP contribution >= 0.6 is 11.3 Å². The Morgan fingerprint density at radius 1 is 1.15 bits per heavy atom. The van der Waals surface area contributed by atoms with Gasteiger partial charge in [-0.25, -0.2) is 4.98 Å². The SMILES string of the molecule is Cc1nc(-c2cccc(C(=O)N3CCC(O)(c4ccccc4)C3)c2)sc1C. The topological polar surface area (TPSA) is 53.4 Å². The van der Waals surface area contributed by atoms with Crippen molar-refractivity contribution >= 4 is 17.2 Å². The van der Waals surface area contributed by atoms with Gasteiger partial charge in [0.2, 0.25) is 0 Å². The van der Waals surface area contributed by atoms with Crippen LogP contribution in [0.2, 0.25) is 0 Å². The zero-order valence-corrected chi connectivity index (χ0v) is 16.3.